The van der Waals surface area contributed by atoms with Gasteiger partial charge in [-0.25, -0.2) is 4.68 Å². The third-order valence-corrected chi connectivity index (χ3v) is 4.26. The van der Waals surface area contributed by atoms with Crippen molar-refractivity contribution in [1.29, 1.82) is 0 Å². The largest absolute Gasteiger partial charge is 0.481 e. The van der Waals surface area contributed by atoms with Crippen LogP contribution in [0.4, 0.5) is 0 Å². The number of benzene rings is 1. The second-order valence-corrected chi connectivity index (χ2v) is 5.95. The zero-order chi connectivity index (χ0) is 16.4. The van der Waals surface area contributed by atoms with Crippen LogP contribution in [0.3, 0.4) is 0 Å². The molecule has 2 N–H and O–H groups in total. The summed E-state index contributed by atoms with van der Waals surface area (Å²) in [7, 11) is 0. The summed E-state index contributed by atoms with van der Waals surface area (Å²) < 4.78 is 1.10. The Bertz CT molecular complexity index is 823. The number of carboxylic acids is 1. The lowest BCUT2D eigenvalue weighted by Crippen LogP contribution is -2.55. The van der Waals surface area contributed by atoms with Gasteiger partial charge in [0.15, 0.2) is 0 Å². The molecule has 1 fully saturated rings. The van der Waals surface area contributed by atoms with Gasteiger partial charge in [-0.05, 0) is 25.3 Å². The zero-order valence-electron chi connectivity index (χ0n) is 12.5. The number of hydrogen-bond donors (Lipinski definition) is 2. The molecule has 0 aliphatic heterocycles. The molecule has 1 aliphatic carbocycles. The molecular weight excluding hydrogens is 298 g/mol. The van der Waals surface area contributed by atoms with Gasteiger partial charge in [-0.3, -0.25) is 14.4 Å². The molecule has 1 heterocycles. The SMILES string of the molecule is O=C(O)CC1(NC(=O)Cn2ncc3ccccc3c2=O)CCC1. The van der Waals surface area contributed by atoms with E-state index in [0.717, 1.165) is 16.5 Å². The number of carbonyl (C=O) groups excluding carboxylic acids is 1. The first-order chi connectivity index (χ1) is 11.0. The average Bonchev–Trinajstić information content (AvgIpc) is 2.47. The third kappa shape index (κ3) is 3.08. The van der Waals surface area contributed by atoms with Gasteiger partial charge in [-0.15, -0.1) is 0 Å². The van der Waals surface area contributed by atoms with E-state index in [1.807, 2.05) is 6.07 Å². The molecule has 0 spiro atoms. The van der Waals surface area contributed by atoms with Gasteiger partial charge in [-0.1, -0.05) is 18.2 Å². The molecular formula is C16H17N3O4. The van der Waals surface area contributed by atoms with E-state index < -0.39 is 17.4 Å². The fraction of sp³-hybridized carbons (Fsp3) is 0.375. The minimum atomic E-state index is -0.939. The Morgan fingerprint density at radius 2 is 2.04 bits per heavy atom. The summed E-state index contributed by atoms with van der Waals surface area (Å²) >= 11 is 0. The predicted octanol–water partition coefficient (Wildman–Crippen LogP) is 0.910. The highest BCUT2D eigenvalue weighted by Crippen LogP contribution is 2.34. The number of amides is 1. The van der Waals surface area contributed by atoms with Gasteiger partial charge in [-0.2, -0.15) is 5.10 Å². The van der Waals surface area contributed by atoms with Crippen molar-refractivity contribution < 1.29 is 14.7 Å². The third-order valence-electron chi connectivity index (χ3n) is 4.26. The molecule has 1 amide bonds. The molecule has 2 aromatic rings. The highest BCUT2D eigenvalue weighted by Gasteiger charge is 2.40. The van der Waals surface area contributed by atoms with Gasteiger partial charge in [0.05, 0.1) is 23.5 Å². The van der Waals surface area contributed by atoms with Crippen LogP contribution in [0.5, 0.6) is 0 Å². The number of hydrogen-bond acceptors (Lipinski definition) is 4. The molecule has 0 saturated heterocycles. The van der Waals surface area contributed by atoms with Crippen LogP contribution in [0.15, 0.2) is 35.3 Å². The van der Waals surface area contributed by atoms with Crippen molar-refractivity contribution in [2.24, 2.45) is 0 Å². The lowest BCUT2D eigenvalue weighted by molar-refractivity contribution is -0.140. The molecule has 0 bridgehead atoms. The zero-order valence-corrected chi connectivity index (χ0v) is 12.5. The average molecular weight is 315 g/mol. The van der Waals surface area contributed by atoms with E-state index >= 15 is 0 Å². The van der Waals surface area contributed by atoms with E-state index in [2.05, 4.69) is 10.4 Å². The number of fused-ring (bicyclic) bond motifs is 1. The standard InChI is InChI=1S/C16H17N3O4/c20-13(18-16(6-3-7-16)8-14(21)22)10-19-15(23)12-5-2-1-4-11(12)9-17-19/h1-2,4-5,9H,3,6-8,10H2,(H,18,20)(H,21,22). The van der Waals surface area contributed by atoms with Crippen LogP contribution in [-0.4, -0.2) is 32.3 Å². The summed E-state index contributed by atoms with van der Waals surface area (Å²) in [4.78, 5) is 35.4. The summed E-state index contributed by atoms with van der Waals surface area (Å²) in [5, 5.41) is 17.0. The molecule has 23 heavy (non-hydrogen) atoms. The Morgan fingerprint density at radius 1 is 1.30 bits per heavy atom. The predicted molar refractivity (Wildman–Crippen MR) is 83.0 cm³/mol. The molecule has 0 radical (unpaired) electrons. The smallest absolute Gasteiger partial charge is 0.305 e. The molecule has 1 aromatic carbocycles. The van der Waals surface area contributed by atoms with Crippen LogP contribution in [0.25, 0.3) is 10.8 Å². The Morgan fingerprint density at radius 3 is 2.70 bits per heavy atom. The van der Waals surface area contributed by atoms with Crippen LogP contribution in [0.1, 0.15) is 25.7 Å². The van der Waals surface area contributed by atoms with Crippen molar-refractivity contribution in [1.82, 2.24) is 15.1 Å². The first-order valence-corrected chi connectivity index (χ1v) is 7.47. The van der Waals surface area contributed by atoms with E-state index in [-0.39, 0.29) is 18.5 Å². The first kappa shape index (κ1) is 15.2. The second-order valence-electron chi connectivity index (χ2n) is 5.95. The van der Waals surface area contributed by atoms with Crippen LogP contribution in [-0.2, 0) is 16.1 Å². The van der Waals surface area contributed by atoms with E-state index in [1.165, 1.54) is 0 Å². The Balaban J connectivity index is 1.77. The van der Waals surface area contributed by atoms with Crippen LogP contribution < -0.4 is 10.9 Å². The first-order valence-electron chi connectivity index (χ1n) is 7.47. The molecule has 120 valence electrons. The quantitative estimate of drug-likeness (QED) is 0.854. The molecule has 3 rings (SSSR count). The highest BCUT2D eigenvalue weighted by atomic mass is 16.4. The molecule has 7 nitrogen and oxygen atoms in total. The highest BCUT2D eigenvalue weighted by molar-refractivity contribution is 5.81. The van der Waals surface area contributed by atoms with Crippen molar-refractivity contribution in [3.05, 3.63) is 40.8 Å². The maximum atomic E-state index is 12.3. The number of aromatic nitrogens is 2. The van der Waals surface area contributed by atoms with Crippen molar-refractivity contribution in [3.8, 4) is 0 Å². The minimum absolute atomic E-state index is 0.0984. The Kier molecular flexibility index (Phi) is 3.85. The van der Waals surface area contributed by atoms with E-state index in [1.54, 1.807) is 24.4 Å². The number of rotatable bonds is 5. The number of carbonyl (C=O) groups is 2. The summed E-state index contributed by atoms with van der Waals surface area (Å²) in [5.74, 6) is -1.33. The summed E-state index contributed by atoms with van der Waals surface area (Å²) in [6.07, 6.45) is 3.62. The fourth-order valence-corrected chi connectivity index (χ4v) is 2.95. The maximum Gasteiger partial charge on any atom is 0.305 e. The summed E-state index contributed by atoms with van der Waals surface area (Å²) in [5.41, 5.74) is -1.01. The molecule has 0 atom stereocenters. The lowest BCUT2D eigenvalue weighted by Gasteiger charge is -2.41. The van der Waals surface area contributed by atoms with Crippen LogP contribution >= 0.6 is 0 Å². The normalized spacial score (nSPS) is 15.8. The van der Waals surface area contributed by atoms with Gasteiger partial charge in [0.1, 0.15) is 6.54 Å². The summed E-state index contributed by atoms with van der Waals surface area (Å²) in [6.45, 7) is -0.217. The van der Waals surface area contributed by atoms with Crippen molar-refractivity contribution in [2.45, 2.75) is 37.8 Å². The van der Waals surface area contributed by atoms with Crippen molar-refractivity contribution >= 4 is 22.6 Å². The van der Waals surface area contributed by atoms with Gasteiger partial charge in [0, 0.05) is 5.39 Å². The summed E-state index contributed by atoms with van der Waals surface area (Å²) in [6, 6.07) is 7.03. The number of nitrogens with one attached hydrogen (secondary N) is 1. The fourth-order valence-electron chi connectivity index (χ4n) is 2.95. The monoisotopic (exact) mass is 315 g/mol. The minimum Gasteiger partial charge on any atom is -0.481 e. The Hall–Kier alpha value is -2.70. The van der Waals surface area contributed by atoms with Crippen LogP contribution in [0.2, 0.25) is 0 Å². The Labute approximate surface area is 131 Å². The van der Waals surface area contributed by atoms with E-state index in [0.29, 0.717) is 18.2 Å². The van der Waals surface area contributed by atoms with Gasteiger partial charge < -0.3 is 10.4 Å². The molecule has 1 aliphatic rings. The van der Waals surface area contributed by atoms with Crippen LogP contribution in [0, 0.1) is 0 Å². The number of nitrogens with zero attached hydrogens (tertiary/aromatic N) is 2. The van der Waals surface area contributed by atoms with Crippen molar-refractivity contribution in [2.75, 3.05) is 0 Å². The van der Waals surface area contributed by atoms with Gasteiger partial charge in [0.25, 0.3) is 5.56 Å². The van der Waals surface area contributed by atoms with Gasteiger partial charge >= 0.3 is 5.97 Å². The van der Waals surface area contributed by atoms with E-state index in [4.69, 9.17) is 5.11 Å². The lowest BCUT2D eigenvalue weighted by atomic mass is 9.74. The van der Waals surface area contributed by atoms with E-state index in [9.17, 15) is 14.4 Å². The molecule has 7 heteroatoms. The second kappa shape index (κ2) is 5.83. The van der Waals surface area contributed by atoms with Gasteiger partial charge in [0.2, 0.25) is 5.91 Å². The number of carboxylic acid groups (broad SMARTS) is 1. The maximum absolute atomic E-state index is 12.3. The van der Waals surface area contributed by atoms with Crippen molar-refractivity contribution in [3.63, 3.8) is 0 Å². The molecule has 1 aromatic heterocycles. The molecule has 0 unspecified atom stereocenters. The topological polar surface area (TPSA) is 101 Å². The molecule has 1 saturated carbocycles. The number of aliphatic carboxylic acids is 1.